The Kier molecular flexibility index (Phi) is 5.86. The van der Waals surface area contributed by atoms with Crippen LogP contribution in [-0.2, 0) is 23.5 Å². The van der Waals surface area contributed by atoms with Crippen LogP contribution < -0.4 is 10.0 Å². The average molecular weight is 432 g/mol. The maximum Gasteiger partial charge on any atom is 0.263 e. The van der Waals surface area contributed by atoms with E-state index in [0.29, 0.717) is 5.13 Å². The third-order valence-corrected chi connectivity index (χ3v) is 7.42. The van der Waals surface area contributed by atoms with Gasteiger partial charge in [0.2, 0.25) is 0 Å². The number of benzene rings is 1. The second-order valence-corrected chi connectivity index (χ2v) is 10.0. The van der Waals surface area contributed by atoms with Crippen molar-refractivity contribution in [2.24, 2.45) is 13.0 Å². The molecule has 3 aromatic rings. The lowest BCUT2D eigenvalue weighted by Gasteiger charge is -2.20. The number of aromatic nitrogens is 3. The maximum absolute atomic E-state index is 12.4. The summed E-state index contributed by atoms with van der Waals surface area (Å²) < 4.78 is 29.2. The van der Waals surface area contributed by atoms with Gasteiger partial charge in [0, 0.05) is 30.4 Å². The highest BCUT2D eigenvalue weighted by atomic mass is 32.2. The van der Waals surface area contributed by atoms with E-state index in [9.17, 15) is 8.42 Å². The molecule has 154 valence electrons. The molecule has 1 aliphatic rings. The fourth-order valence-electron chi connectivity index (χ4n) is 3.74. The van der Waals surface area contributed by atoms with E-state index in [1.165, 1.54) is 43.4 Å². The molecule has 1 aliphatic carbocycles. The molecule has 0 aliphatic heterocycles. The molecule has 2 aromatic heterocycles. The van der Waals surface area contributed by atoms with Gasteiger partial charge in [0.05, 0.1) is 10.6 Å². The molecule has 7 nitrogen and oxygen atoms in total. The molecule has 4 rings (SSSR count). The van der Waals surface area contributed by atoms with Crippen molar-refractivity contribution in [2.75, 3.05) is 10.0 Å². The zero-order chi connectivity index (χ0) is 20.3. The number of rotatable bonds is 7. The standard InChI is InChI=1S/C20H25N5O2S2/c1-25-19(14-17(23-25)13-15-5-3-2-4-6-15)22-16-7-9-18(10-8-16)29(26,27)24-20-21-11-12-28-20/h7-12,14-15,22H,2-6,13H2,1H3,(H,21,24). The van der Waals surface area contributed by atoms with Gasteiger partial charge in [-0.2, -0.15) is 5.10 Å². The highest BCUT2D eigenvalue weighted by Crippen LogP contribution is 2.28. The first-order chi connectivity index (χ1) is 14.0. The molecular weight excluding hydrogens is 406 g/mol. The lowest BCUT2D eigenvalue weighted by molar-refractivity contribution is 0.353. The maximum atomic E-state index is 12.4. The molecule has 0 spiro atoms. The molecular formula is C20H25N5O2S2. The predicted octanol–water partition coefficient (Wildman–Crippen LogP) is 4.54. The van der Waals surface area contributed by atoms with Gasteiger partial charge in [0.25, 0.3) is 10.0 Å². The number of anilines is 3. The monoisotopic (exact) mass is 431 g/mol. The Hall–Kier alpha value is -2.39. The Bertz CT molecular complexity index is 1040. The van der Waals surface area contributed by atoms with Gasteiger partial charge in [0.15, 0.2) is 5.13 Å². The zero-order valence-electron chi connectivity index (χ0n) is 16.3. The Morgan fingerprint density at radius 3 is 2.62 bits per heavy atom. The summed E-state index contributed by atoms with van der Waals surface area (Å²) in [4.78, 5) is 4.16. The topological polar surface area (TPSA) is 88.9 Å². The van der Waals surface area contributed by atoms with Crippen molar-refractivity contribution in [2.45, 2.75) is 43.4 Å². The first-order valence-corrected chi connectivity index (χ1v) is 12.2. The van der Waals surface area contributed by atoms with Crippen LogP contribution in [0.3, 0.4) is 0 Å². The molecule has 0 bridgehead atoms. The molecule has 9 heteroatoms. The van der Waals surface area contributed by atoms with Gasteiger partial charge in [-0.3, -0.25) is 9.40 Å². The van der Waals surface area contributed by atoms with Gasteiger partial charge in [-0.1, -0.05) is 32.1 Å². The van der Waals surface area contributed by atoms with E-state index < -0.39 is 10.0 Å². The molecule has 1 aromatic carbocycles. The zero-order valence-corrected chi connectivity index (χ0v) is 18.0. The van der Waals surface area contributed by atoms with E-state index in [-0.39, 0.29) is 4.90 Å². The molecule has 0 amide bonds. The summed E-state index contributed by atoms with van der Waals surface area (Å²) in [5, 5.41) is 10.0. The molecule has 0 radical (unpaired) electrons. The van der Waals surface area contributed by atoms with Crippen LogP contribution in [0.15, 0.2) is 46.8 Å². The third-order valence-electron chi connectivity index (χ3n) is 5.24. The van der Waals surface area contributed by atoms with Crippen LogP contribution in [0.4, 0.5) is 16.6 Å². The Balaban J connectivity index is 1.42. The molecule has 0 unspecified atom stereocenters. The molecule has 1 fully saturated rings. The largest absolute Gasteiger partial charge is 0.340 e. The normalized spacial score (nSPS) is 15.3. The smallest absolute Gasteiger partial charge is 0.263 e. The summed E-state index contributed by atoms with van der Waals surface area (Å²) in [5.74, 6) is 1.63. The number of thiazole rings is 1. The van der Waals surface area contributed by atoms with Crippen molar-refractivity contribution in [3.8, 4) is 0 Å². The second-order valence-electron chi connectivity index (χ2n) is 7.44. The van der Waals surface area contributed by atoms with Crippen LogP contribution >= 0.6 is 11.3 Å². The Morgan fingerprint density at radius 2 is 1.93 bits per heavy atom. The highest BCUT2D eigenvalue weighted by Gasteiger charge is 2.17. The van der Waals surface area contributed by atoms with Crippen LogP contribution in [0.1, 0.15) is 37.8 Å². The molecule has 2 heterocycles. The predicted molar refractivity (Wildman–Crippen MR) is 116 cm³/mol. The summed E-state index contributed by atoms with van der Waals surface area (Å²) in [7, 11) is -1.72. The van der Waals surface area contributed by atoms with E-state index in [2.05, 4.69) is 26.2 Å². The summed E-state index contributed by atoms with van der Waals surface area (Å²) in [6.07, 6.45) is 9.19. The van der Waals surface area contributed by atoms with Gasteiger partial charge < -0.3 is 5.32 Å². The number of sulfonamides is 1. The Labute approximate surface area is 175 Å². The minimum Gasteiger partial charge on any atom is -0.340 e. The van der Waals surface area contributed by atoms with Crippen LogP contribution in [0.2, 0.25) is 0 Å². The van der Waals surface area contributed by atoms with E-state index in [1.54, 1.807) is 35.8 Å². The van der Waals surface area contributed by atoms with Crippen molar-refractivity contribution in [3.63, 3.8) is 0 Å². The average Bonchev–Trinajstić information content (AvgIpc) is 3.32. The summed E-state index contributed by atoms with van der Waals surface area (Å²) >= 11 is 1.24. The minimum atomic E-state index is -3.64. The molecule has 2 N–H and O–H groups in total. The fraction of sp³-hybridized carbons (Fsp3) is 0.400. The first-order valence-electron chi connectivity index (χ1n) is 9.82. The van der Waals surface area contributed by atoms with Crippen LogP contribution in [0.5, 0.6) is 0 Å². The van der Waals surface area contributed by atoms with E-state index in [0.717, 1.165) is 29.5 Å². The summed E-state index contributed by atoms with van der Waals surface area (Å²) in [6, 6.07) is 8.76. The lowest BCUT2D eigenvalue weighted by atomic mass is 9.86. The second kappa shape index (κ2) is 8.54. The van der Waals surface area contributed by atoms with Crippen LogP contribution in [0.25, 0.3) is 0 Å². The third kappa shape index (κ3) is 4.97. The highest BCUT2D eigenvalue weighted by molar-refractivity contribution is 7.93. The van der Waals surface area contributed by atoms with Gasteiger partial charge in [-0.25, -0.2) is 13.4 Å². The van der Waals surface area contributed by atoms with Crippen molar-refractivity contribution in [3.05, 3.63) is 47.6 Å². The van der Waals surface area contributed by atoms with Crippen molar-refractivity contribution in [1.82, 2.24) is 14.8 Å². The van der Waals surface area contributed by atoms with Crippen molar-refractivity contribution in [1.29, 1.82) is 0 Å². The van der Waals surface area contributed by atoms with E-state index >= 15 is 0 Å². The van der Waals surface area contributed by atoms with Crippen LogP contribution in [0, 0.1) is 5.92 Å². The Morgan fingerprint density at radius 1 is 1.17 bits per heavy atom. The van der Waals surface area contributed by atoms with Gasteiger partial charge in [0.1, 0.15) is 5.82 Å². The number of nitrogens with one attached hydrogen (secondary N) is 2. The number of hydrogen-bond donors (Lipinski definition) is 2. The van der Waals surface area contributed by atoms with Crippen molar-refractivity contribution < 1.29 is 8.42 Å². The fourth-order valence-corrected chi connectivity index (χ4v) is 5.53. The molecule has 0 atom stereocenters. The summed E-state index contributed by atoms with van der Waals surface area (Å²) in [6.45, 7) is 0. The van der Waals surface area contributed by atoms with Crippen molar-refractivity contribution >= 4 is 38.0 Å². The van der Waals surface area contributed by atoms with E-state index in [4.69, 9.17) is 0 Å². The van der Waals surface area contributed by atoms with Crippen LogP contribution in [-0.4, -0.2) is 23.2 Å². The quantitative estimate of drug-likeness (QED) is 0.573. The lowest BCUT2D eigenvalue weighted by Crippen LogP contribution is -2.12. The van der Waals surface area contributed by atoms with Gasteiger partial charge >= 0.3 is 0 Å². The summed E-state index contributed by atoms with van der Waals surface area (Å²) in [5.41, 5.74) is 1.92. The number of nitrogens with zero attached hydrogens (tertiary/aromatic N) is 3. The van der Waals surface area contributed by atoms with Gasteiger partial charge in [-0.05, 0) is 36.6 Å². The molecule has 1 saturated carbocycles. The van der Waals surface area contributed by atoms with Gasteiger partial charge in [-0.15, -0.1) is 11.3 Å². The number of aryl methyl sites for hydroxylation is 1. The van der Waals surface area contributed by atoms with E-state index in [1.807, 2.05) is 11.7 Å². The molecule has 0 saturated heterocycles. The first kappa shape index (κ1) is 19.9. The minimum absolute atomic E-state index is 0.196. The molecule has 29 heavy (non-hydrogen) atoms. The SMILES string of the molecule is Cn1nc(CC2CCCCC2)cc1Nc1ccc(S(=O)(=O)Nc2nccs2)cc1. The number of hydrogen-bond acceptors (Lipinski definition) is 6.